The Bertz CT molecular complexity index is 443. The van der Waals surface area contributed by atoms with Crippen molar-refractivity contribution in [2.24, 2.45) is 0 Å². The average Bonchev–Trinajstić information content (AvgIpc) is 2.97. The molecule has 0 aromatic rings. The van der Waals surface area contributed by atoms with Gasteiger partial charge in [-0.15, -0.1) is 7.92 Å². The van der Waals surface area contributed by atoms with Gasteiger partial charge in [0, 0.05) is 4.64 Å². The molecule has 4 heteroatoms. The van der Waals surface area contributed by atoms with Crippen molar-refractivity contribution in [3.8, 4) is 0 Å². The fourth-order valence-corrected chi connectivity index (χ4v) is 29.9. The maximum Gasteiger partial charge on any atom is 0.0367 e. The van der Waals surface area contributed by atoms with Gasteiger partial charge >= 0.3 is 0 Å². The van der Waals surface area contributed by atoms with E-state index >= 15 is 0 Å². The Morgan fingerprint density at radius 1 is 0.350 bits per heavy atom. The molecular formula is C36H78P4. The molecule has 0 aliphatic carbocycles. The Morgan fingerprint density at radius 3 is 0.775 bits per heavy atom. The molecule has 0 saturated heterocycles. The highest BCUT2D eigenvalue weighted by Gasteiger charge is 2.54. The molecule has 242 valence electrons. The molecule has 0 nitrogen and oxygen atoms in total. The van der Waals surface area contributed by atoms with E-state index in [4.69, 9.17) is 0 Å². The quantitative estimate of drug-likeness (QED) is 0.0690. The fraction of sp³-hybridized carbons (Fsp3) is 1.00. The molecule has 0 heterocycles. The lowest BCUT2D eigenvalue weighted by Crippen LogP contribution is -2.41. The average molecular weight is 635 g/mol. The van der Waals surface area contributed by atoms with Crippen LogP contribution < -0.4 is 0 Å². The van der Waals surface area contributed by atoms with E-state index in [9.17, 15) is 0 Å². The van der Waals surface area contributed by atoms with Crippen molar-refractivity contribution in [1.29, 1.82) is 0 Å². The molecule has 0 aromatic heterocycles. The highest BCUT2D eigenvalue weighted by molar-refractivity contribution is 7.94. The third kappa shape index (κ3) is 14.7. The Labute approximate surface area is 262 Å². The zero-order valence-electron chi connectivity index (χ0n) is 29.5. The summed E-state index contributed by atoms with van der Waals surface area (Å²) in [7, 11) is 0.441. The minimum atomic E-state index is 0.101. The van der Waals surface area contributed by atoms with Gasteiger partial charge in [0.2, 0.25) is 0 Å². The number of hydrogen-bond acceptors (Lipinski definition) is 0. The first-order valence-electron chi connectivity index (χ1n) is 18.5. The molecule has 1 atom stereocenters. The van der Waals surface area contributed by atoms with Gasteiger partial charge in [0.25, 0.3) is 0 Å². The van der Waals surface area contributed by atoms with E-state index < -0.39 is 0 Å². The van der Waals surface area contributed by atoms with Crippen LogP contribution in [0.2, 0.25) is 0 Å². The molecule has 0 amide bonds. The molecule has 0 aliphatic heterocycles. The summed E-state index contributed by atoms with van der Waals surface area (Å²) in [6, 6.07) is 0. The normalized spacial score (nSPS) is 13.4. The van der Waals surface area contributed by atoms with E-state index in [-0.39, 0.29) is 31.7 Å². The van der Waals surface area contributed by atoms with Crippen molar-refractivity contribution in [3.63, 3.8) is 0 Å². The minimum absolute atomic E-state index is 0.101. The second-order valence-corrected chi connectivity index (χ2v) is 24.2. The van der Waals surface area contributed by atoms with Crippen LogP contribution in [-0.2, 0) is 0 Å². The maximum absolute atomic E-state index is 2.69. The molecule has 0 bridgehead atoms. The van der Waals surface area contributed by atoms with E-state index in [0.717, 1.165) is 10.3 Å². The lowest BCUT2D eigenvalue weighted by molar-refractivity contribution is 0.765. The SMILES string of the molecule is CCCCP(CCCC)C(CC)C(P(CCCC)CCCC)(P(CCCC)CCCC)P(CCCC)CCCC. The monoisotopic (exact) mass is 635 g/mol. The molecule has 0 radical (unpaired) electrons. The third-order valence-electron chi connectivity index (χ3n) is 8.96. The van der Waals surface area contributed by atoms with Crippen molar-refractivity contribution < 1.29 is 0 Å². The predicted molar refractivity (Wildman–Crippen MR) is 203 cm³/mol. The molecule has 0 aromatic carbocycles. The summed E-state index contributed by atoms with van der Waals surface area (Å²) >= 11 is 0. The fourth-order valence-electron chi connectivity index (χ4n) is 6.57. The Balaban J connectivity index is 7.55. The van der Waals surface area contributed by atoms with Crippen LogP contribution in [0.25, 0.3) is 0 Å². The van der Waals surface area contributed by atoms with E-state index in [2.05, 4.69) is 62.3 Å². The Kier molecular flexibility index (Phi) is 29.4. The number of rotatable bonds is 30. The van der Waals surface area contributed by atoms with Crippen molar-refractivity contribution in [2.45, 2.75) is 182 Å². The first-order valence-corrected chi connectivity index (χ1v) is 25.4. The van der Waals surface area contributed by atoms with Crippen molar-refractivity contribution in [1.82, 2.24) is 0 Å². The summed E-state index contributed by atoms with van der Waals surface area (Å²) in [4.78, 5) is 0. The summed E-state index contributed by atoms with van der Waals surface area (Å²) in [5.41, 5.74) is 1.07. The topological polar surface area (TPSA) is 0 Å². The van der Waals surface area contributed by atoms with Crippen LogP contribution in [0.1, 0.15) is 171 Å². The van der Waals surface area contributed by atoms with Crippen LogP contribution >= 0.6 is 31.7 Å². The second kappa shape index (κ2) is 28.2. The summed E-state index contributed by atoms with van der Waals surface area (Å²) in [5, 5.41) is 0. The van der Waals surface area contributed by atoms with Gasteiger partial charge in [-0.3, -0.25) is 0 Å². The van der Waals surface area contributed by atoms with Crippen LogP contribution in [-0.4, -0.2) is 59.6 Å². The highest BCUT2D eigenvalue weighted by atomic mass is 31.2. The van der Waals surface area contributed by atoms with Crippen LogP contribution in [0.3, 0.4) is 0 Å². The van der Waals surface area contributed by atoms with Gasteiger partial charge in [0.05, 0.1) is 0 Å². The number of hydrogen-bond donors (Lipinski definition) is 0. The van der Waals surface area contributed by atoms with Crippen molar-refractivity contribution >= 4 is 31.7 Å². The standard InChI is InChI=1S/C36H78P4/c1-10-19-27-37(28-20-11-2)35(18-9)36(38(29-21-12-3)30-22-13-4,39(31-23-14-5)32-24-15-6)40(33-25-16-7)34-26-17-8/h35H,10-34H2,1-9H3. The third-order valence-corrected chi connectivity index (χ3v) is 26.9. The van der Waals surface area contributed by atoms with Crippen molar-refractivity contribution in [3.05, 3.63) is 0 Å². The van der Waals surface area contributed by atoms with Crippen LogP contribution in [0.15, 0.2) is 0 Å². The van der Waals surface area contributed by atoms with Crippen LogP contribution in [0, 0.1) is 0 Å². The van der Waals surface area contributed by atoms with E-state index in [1.165, 1.54) is 109 Å². The van der Waals surface area contributed by atoms with Gasteiger partial charge in [0.1, 0.15) is 0 Å². The second-order valence-electron chi connectivity index (χ2n) is 12.4. The van der Waals surface area contributed by atoms with Gasteiger partial charge in [-0.2, -0.15) is 0 Å². The van der Waals surface area contributed by atoms with Crippen LogP contribution in [0.4, 0.5) is 0 Å². The molecule has 0 spiro atoms. The molecular weight excluding hydrogens is 556 g/mol. The van der Waals surface area contributed by atoms with Gasteiger partial charge in [-0.25, -0.2) is 0 Å². The minimum Gasteiger partial charge on any atom is -0.102 e. The summed E-state index contributed by atoms with van der Waals surface area (Å²) < 4.78 is 0.765. The Hall–Kier alpha value is 1.72. The van der Waals surface area contributed by atoms with E-state index in [1.54, 1.807) is 49.3 Å². The lowest BCUT2D eigenvalue weighted by atomic mass is 10.3. The maximum atomic E-state index is 2.69. The molecule has 0 rings (SSSR count). The first-order chi connectivity index (χ1) is 19.5. The molecule has 0 aliphatic rings. The van der Waals surface area contributed by atoms with E-state index in [1.807, 2.05) is 0 Å². The summed E-state index contributed by atoms with van der Waals surface area (Å²) in [5.74, 6) is 0. The van der Waals surface area contributed by atoms with Gasteiger partial charge in [-0.1, -0.05) is 137 Å². The van der Waals surface area contributed by atoms with Crippen molar-refractivity contribution in [2.75, 3.05) is 49.3 Å². The summed E-state index contributed by atoms with van der Waals surface area (Å²) in [6.45, 7) is 22.5. The Morgan fingerprint density at radius 2 is 0.575 bits per heavy atom. The predicted octanol–water partition coefficient (Wildman–Crippen LogP) is 14.7. The highest BCUT2D eigenvalue weighted by Crippen LogP contribution is 2.85. The van der Waals surface area contributed by atoms with E-state index in [0.29, 0.717) is 0 Å². The number of unbranched alkanes of at least 4 members (excludes halogenated alkanes) is 8. The zero-order valence-corrected chi connectivity index (χ0v) is 33.1. The van der Waals surface area contributed by atoms with Gasteiger partial charge in [0.15, 0.2) is 0 Å². The zero-order chi connectivity index (χ0) is 30.1. The van der Waals surface area contributed by atoms with Crippen LogP contribution in [0.5, 0.6) is 0 Å². The molecule has 1 unspecified atom stereocenters. The smallest absolute Gasteiger partial charge is 0.0367 e. The lowest BCUT2D eigenvalue weighted by Gasteiger charge is -2.59. The molecule has 0 saturated carbocycles. The molecule has 0 fully saturated rings. The molecule has 0 N–H and O–H groups in total. The summed E-state index contributed by atoms with van der Waals surface area (Å²) in [6.07, 6.45) is 37.6. The first kappa shape index (κ1) is 41.7. The molecule has 40 heavy (non-hydrogen) atoms. The van der Waals surface area contributed by atoms with Gasteiger partial charge in [-0.05, 0) is 113 Å². The van der Waals surface area contributed by atoms with Gasteiger partial charge < -0.3 is 0 Å². The largest absolute Gasteiger partial charge is 0.102 e.